The van der Waals surface area contributed by atoms with Crippen molar-refractivity contribution in [3.05, 3.63) is 45.2 Å². The molecule has 0 unspecified atom stereocenters. The van der Waals surface area contributed by atoms with E-state index in [1.807, 2.05) is 6.92 Å². The molecule has 1 heterocycles. The van der Waals surface area contributed by atoms with Crippen molar-refractivity contribution in [1.29, 1.82) is 0 Å². The van der Waals surface area contributed by atoms with Gasteiger partial charge in [-0.05, 0) is 25.1 Å². The predicted octanol–water partition coefficient (Wildman–Crippen LogP) is 2.68. The molecule has 3 nitrogen and oxygen atoms in total. The van der Waals surface area contributed by atoms with Gasteiger partial charge < -0.3 is 9.84 Å². The predicted molar refractivity (Wildman–Crippen MR) is 68.5 cm³/mol. The molecule has 18 heavy (non-hydrogen) atoms. The van der Waals surface area contributed by atoms with Gasteiger partial charge in [0.15, 0.2) is 0 Å². The zero-order chi connectivity index (χ0) is 13.1. The first-order valence-corrected chi connectivity index (χ1v) is 6.34. The van der Waals surface area contributed by atoms with E-state index in [1.165, 1.54) is 23.5 Å². The summed E-state index contributed by atoms with van der Waals surface area (Å²) >= 11 is 1.44. The lowest BCUT2D eigenvalue weighted by Gasteiger charge is -2.06. The maximum absolute atomic E-state index is 13.2. The van der Waals surface area contributed by atoms with Crippen molar-refractivity contribution in [3.8, 4) is 5.75 Å². The van der Waals surface area contributed by atoms with E-state index in [-0.39, 0.29) is 12.4 Å². The number of thiazole rings is 1. The Kier molecular flexibility index (Phi) is 3.93. The number of rotatable bonds is 4. The highest BCUT2D eigenvalue weighted by Gasteiger charge is 2.11. The van der Waals surface area contributed by atoms with Crippen LogP contribution in [0.1, 0.15) is 21.1 Å². The van der Waals surface area contributed by atoms with Gasteiger partial charge in [0.2, 0.25) is 0 Å². The van der Waals surface area contributed by atoms with E-state index in [9.17, 15) is 4.39 Å². The zero-order valence-electron chi connectivity index (χ0n) is 10.2. The number of halogens is 1. The van der Waals surface area contributed by atoms with Crippen molar-refractivity contribution in [3.63, 3.8) is 0 Å². The molecule has 0 fully saturated rings. The normalized spacial score (nSPS) is 10.7. The minimum atomic E-state index is -0.290. The number of aliphatic hydroxyl groups is 1. The molecule has 1 N–H and O–H groups in total. The van der Waals surface area contributed by atoms with E-state index >= 15 is 0 Å². The third-order valence-electron chi connectivity index (χ3n) is 2.66. The number of aryl methyl sites for hydroxylation is 1. The lowest BCUT2D eigenvalue weighted by atomic mass is 10.1. The Hall–Kier alpha value is -1.46. The van der Waals surface area contributed by atoms with Crippen molar-refractivity contribution in [2.45, 2.75) is 20.0 Å². The van der Waals surface area contributed by atoms with Gasteiger partial charge in [-0.3, -0.25) is 0 Å². The van der Waals surface area contributed by atoms with Crippen LogP contribution in [0.4, 0.5) is 4.39 Å². The van der Waals surface area contributed by atoms with E-state index in [0.717, 1.165) is 21.1 Å². The van der Waals surface area contributed by atoms with E-state index in [4.69, 9.17) is 9.84 Å². The molecule has 5 heteroatoms. The third kappa shape index (κ3) is 2.68. The lowest BCUT2D eigenvalue weighted by Crippen LogP contribution is -1.94. The van der Waals surface area contributed by atoms with Gasteiger partial charge in [-0.1, -0.05) is 0 Å². The number of methoxy groups -OCH3 is 1. The molecule has 2 rings (SSSR count). The van der Waals surface area contributed by atoms with Crippen LogP contribution in [0.15, 0.2) is 18.2 Å². The fraction of sp³-hybridized carbons (Fsp3) is 0.308. The number of benzene rings is 1. The fourth-order valence-electron chi connectivity index (χ4n) is 1.76. The van der Waals surface area contributed by atoms with Crippen LogP contribution in [-0.2, 0) is 13.0 Å². The molecule has 1 aromatic heterocycles. The maximum atomic E-state index is 13.2. The van der Waals surface area contributed by atoms with Crippen LogP contribution in [-0.4, -0.2) is 17.2 Å². The summed E-state index contributed by atoms with van der Waals surface area (Å²) in [6, 6.07) is 4.43. The summed E-state index contributed by atoms with van der Waals surface area (Å²) < 4.78 is 18.4. The molecule has 0 spiro atoms. The van der Waals surface area contributed by atoms with Gasteiger partial charge >= 0.3 is 0 Å². The summed E-state index contributed by atoms with van der Waals surface area (Å²) in [5.41, 5.74) is 1.59. The second-order valence-corrected chi connectivity index (χ2v) is 5.08. The number of hydrogen-bond acceptors (Lipinski definition) is 4. The van der Waals surface area contributed by atoms with Crippen molar-refractivity contribution >= 4 is 11.3 Å². The SMILES string of the molecule is COc1ccc(F)cc1Cc1nc(C)c(CO)s1. The minimum Gasteiger partial charge on any atom is -0.496 e. The van der Waals surface area contributed by atoms with E-state index in [2.05, 4.69) is 4.98 Å². The van der Waals surface area contributed by atoms with Crippen LogP contribution in [0.2, 0.25) is 0 Å². The van der Waals surface area contributed by atoms with Gasteiger partial charge in [0, 0.05) is 12.0 Å². The first-order chi connectivity index (χ1) is 8.63. The van der Waals surface area contributed by atoms with Crippen molar-refractivity contribution in [1.82, 2.24) is 4.98 Å². The molecule has 0 aliphatic rings. The Morgan fingerprint density at radius 2 is 2.22 bits per heavy atom. The minimum absolute atomic E-state index is 0.0101. The average Bonchev–Trinajstić information content (AvgIpc) is 2.70. The molecule has 0 aliphatic carbocycles. The molecule has 0 saturated heterocycles. The van der Waals surface area contributed by atoms with Crippen molar-refractivity contribution in [2.75, 3.05) is 7.11 Å². The van der Waals surface area contributed by atoms with Crippen LogP contribution >= 0.6 is 11.3 Å². The second kappa shape index (κ2) is 5.46. The molecule has 0 saturated carbocycles. The summed E-state index contributed by atoms with van der Waals surface area (Å²) in [6.07, 6.45) is 0.506. The monoisotopic (exact) mass is 267 g/mol. The third-order valence-corrected chi connectivity index (χ3v) is 3.81. The van der Waals surface area contributed by atoms with Gasteiger partial charge in [0.05, 0.1) is 29.3 Å². The summed E-state index contributed by atoms with van der Waals surface area (Å²) in [4.78, 5) is 5.21. The Morgan fingerprint density at radius 1 is 1.44 bits per heavy atom. The highest BCUT2D eigenvalue weighted by molar-refractivity contribution is 7.11. The maximum Gasteiger partial charge on any atom is 0.123 e. The standard InChI is InChI=1S/C13H14FNO2S/c1-8-12(7-16)18-13(15-8)6-9-5-10(14)3-4-11(9)17-2/h3-5,16H,6-7H2,1-2H3. The molecular formula is C13H14FNO2S. The summed E-state index contributed by atoms with van der Waals surface area (Å²) in [7, 11) is 1.56. The second-order valence-electron chi connectivity index (χ2n) is 3.91. The first-order valence-electron chi connectivity index (χ1n) is 5.52. The van der Waals surface area contributed by atoms with Gasteiger partial charge in [-0.25, -0.2) is 9.37 Å². The molecule has 0 amide bonds. The molecular weight excluding hydrogens is 253 g/mol. The summed E-state index contributed by atoms with van der Waals surface area (Å²) in [6.45, 7) is 1.85. The highest BCUT2D eigenvalue weighted by Crippen LogP contribution is 2.26. The van der Waals surface area contributed by atoms with Crippen molar-refractivity contribution in [2.24, 2.45) is 0 Å². The Balaban J connectivity index is 2.29. The number of ether oxygens (including phenoxy) is 1. The number of aliphatic hydroxyl groups excluding tert-OH is 1. The van der Waals surface area contributed by atoms with E-state index in [0.29, 0.717) is 12.2 Å². The Labute approximate surface area is 109 Å². The van der Waals surface area contributed by atoms with Crippen LogP contribution in [0.25, 0.3) is 0 Å². The lowest BCUT2D eigenvalue weighted by molar-refractivity contribution is 0.284. The van der Waals surface area contributed by atoms with Crippen molar-refractivity contribution < 1.29 is 14.2 Å². The smallest absolute Gasteiger partial charge is 0.123 e. The molecule has 0 bridgehead atoms. The summed E-state index contributed by atoms with van der Waals surface area (Å²) in [5, 5.41) is 9.98. The van der Waals surface area contributed by atoms with Gasteiger partial charge in [0.1, 0.15) is 11.6 Å². The molecule has 96 valence electrons. The number of hydrogen-bond donors (Lipinski definition) is 1. The van der Waals surface area contributed by atoms with Gasteiger partial charge in [-0.15, -0.1) is 11.3 Å². The van der Waals surface area contributed by atoms with Crippen LogP contribution in [0.5, 0.6) is 5.75 Å². The quantitative estimate of drug-likeness (QED) is 0.926. The first kappa shape index (κ1) is 13.0. The molecule has 0 radical (unpaired) electrons. The topological polar surface area (TPSA) is 42.4 Å². The largest absolute Gasteiger partial charge is 0.496 e. The Bertz CT molecular complexity index is 554. The molecule has 1 aromatic carbocycles. The average molecular weight is 267 g/mol. The number of aromatic nitrogens is 1. The molecule has 0 aliphatic heterocycles. The van der Waals surface area contributed by atoms with E-state index < -0.39 is 0 Å². The van der Waals surface area contributed by atoms with Crippen LogP contribution in [0, 0.1) is 12.7 Å². The van der Waals surface area contributed by atoms with Gasteiger partial charge in [-0.2, -0.15) is 0 Å². The molecule has 0 atom stereocenters. The zero-order valence-corrected chi connectivity index (χ0v) is 11.1. The Morgan fingerprint density at radius 3 is 2.83 bits per heavy atom. The van der Waals surface area contributed by atoms with Crippen LogP contribution in [0.3, 0.4) is 0 Å². The fourth-order valence-corrected chi connectivity index (χ4v) is 2.71. The van der Waals surface area contributed by atoms with Gasteiger partial charge in [0.25, 0.3) is 0 Å². The molecule has 2 aromatic rings. The van der Waals surface area contributed by atoms with E-state index in [1.54, 1.807) is 13.2 Å². The van der Waals surface area contributed by atoms with Crippen LogP contribution < -0.4 is 4.74 Å². The summed E-state index contributed by atoms with van der Waals surface area (Å²) in [5.74, 6) is 0.358. The number of nitrogens with zero attached hydrogens (tertiary/aromatic N) is 1. The highest BCUT2D eigenvalue weighted by atomic mass is 32.1.